The number of hydrogen-bond donors (Lipinski definition) is 0. The molecule has 0 N–H and O–H groups in total. The zero-order valence-corrected chi connectivity index (χ0v) is 15.4. The fourth-order valence-electron chi connectivity index (χ4n) is 4.63. The summed E-state index contributed by atoms with van der Waals surface area (Å²) in [7, 11) is 4.02. The van der Waals surface area contributed by atoms with E-state index in [1.54, 1.807) is 13.2 Å². The standard InChI is InChI=1S/C21H30NO3/c1-22-14-6-5-10-19(22)18(9-7-15-22)16-25-21(23)13-12-17-8-3-4-11-20(17)24-2/h3-4,8,11-13,18-19H,5-7,9-10,14-16H2,1-2H3/q+1/b13-12+/t18-,19+,22+/m0/s1. The van der Waals surface area contributed by atoms with Crippen LogP contribution in [0.2, 0.25) is 0 Å². The van der Waals surface area contributed by atoms with Gasteiger partial charge in [0.2, 0.25) is 0 Å². The van der Waals surface area contributed by atoms with Crippen molar-refractivity contribution in [1.82, 2.24) is 0 Å². The molecular formula is C21H30NO3+. The van der Waals surface area contributed by atoms with Crippen LogP contribution in [-0.2, 0) is 9.53 Å². The Hall–Kier alpha value is -1.81. The maximum Gasteiger partial charge on any atom is 0.330 e. The van der Waals surface area contributed by atoms with Gasteiger partial charge in [-0.1, -0.05) is 18.2 Å². The number of para-hydroxylation sites is 1. The monoisotopic (exact) mass is 344 g/mol. The van der Waals surface area contributed by atoms with E-state index in [2.05, 4.69) is 7.05 Å². The quantitative estimate of drug-likeness (QED) is 0.464. The molecule has 0 spiro atoms. The summed E-state index contributed by atoms with van der Waals surface area (Å²) in [6, 6.07) is 8.31. The van der Waals surface area contributed by atoms with Crippen LogP contribution in [0.15, 0.2) is 30.3 Å². The fraction of sp³-hybridized carbons (Fsp3) is 0.571. The number of benzene rings is 1. The van der Waals surface area contributed by atoms with Crippen molar-refractivity contribution in [1.29, 1.82) is 0 Å². The van der Waals surface area contributed by atoms with Crippen LogP contribution in [0.5, 0.6) is 5.75 Å². The molecule has 2 aliphatic rings. The molecule has 0 unspecified atom stereocenters. The van der Waals surface area contributed by atoms with Crippen LogP contribution in [0.25, 0.3) is 6.08 Å². The van der Waals surface area contributed by atoms with Gasteiger partial charge in [0.1, 0.15) is 12.4 Å². The van der Waals surface area contributed by atoms with Crippen LogP contribution < -0.4 is 4.74 Å². The number of hydrogen-bond acceptors (Lipinski definition) is 3. The first kappa shape index (κ1) is 18.0. The number of piperidine rings is 2. The molecule has 25 heavy (non-hydrogen) atoms. The van der Waals surface area contributed by atoms with E-state index in [1.165, 1.54) is 55.8 Å². The number of fused-ring (bicyclic) bond motifs is 1. The van der Waals surface area contributed by atoms with E-state index in [-0.39, 0.29) is 5.97 Å². The number of nitrogens with zero attached hydrogens (tertiary/aromatic N) is 1. The van der Waals surface area contributed by atoms with Crippen LogP contribution in [-0.4, -0.2) is 50.3 Å². The third-order valence-electron chi connectivity index (χ3n) is 5.99. The lowest BCUT2D eigenvalue weighted by atomic mass is 9.82. The Balaban J connectivity index is 1.56. The maximum absolute atomic E-state index is 12.1. The molecular weight excluding hydrogens is 314 g/mol. The van der Waals surface area contributed by atoms with E-state index in [4.69, 9.17) is 9.47 Å². The number of esters is 1. The summed E-state index contributed by atoms with van der Waals surface area (Å²) in [5, 5.41) is 0. The minimum absolute atomic E-state index is 0.263. The van der Waals surface area contributed by atoms with Crippen molar-refractivity contribution in [2.24, 2.45) is 5.92 Å². The average molecular weight is 344 g/mol. The Kier molecular flexibility index (Phi) is 5.79. The molecule has 2 heterocycles. The topological polar surface area (TPSA) is 35.5 Å². The highest BCUT2D eigenvalue weighted by molar-refractivity contribution is 5.87. The van der Waals surface area contributed by atoms with Crippen LogP contribution >= 0.6 is 0 Å². The highest BCUT2D eigenvalue weighted by atomic mass is 16.5. The van der Waals surface area contributed by atoms with Crippen LogP contribution in [0, 0.1) is 5.92 Å². The molecule has 4 nitrogen and oxygen atoms in total. The molecule has 136 valence electrons. The van der Waals surface area contributed by atoms with E-state index in [9.17, 15) is 4.79 Å². The normalized spacial score (nSPS) is 29.2. The fourth-order valence-corrected chi connectivity index (χ4v) is 4.63. The molecule has 3 rings (SSSR count). The van der Waals surface area contributed by atoms with Gasteiger partial charge in [0.25, 0.3) is 0 Å². The summed E-state index contributed by atoms with van der Waals surface area (Å²) in [5.41, 5.74) is 0.885. The smallest absolute Gasteiger partial charge is 0.330 e. The van der Waals surface area contributed by atoms with Gasteiger partial charge < -0.3 is 14.0 Å². The SMILES string of the molecule is COc1ccccc1/C=C/C(=O)OC[C@@H]1CCC[N@@+]2(C)CCCC[C@H]12. The number of carbonyl (C=O) groups is 1. The third-order valence-corrected chi connectivity index (χ3v) is 5.99. The second-order valence-corrected chi connectivity index (χ2v) is 7.60. The van der Waals surface area contributed by atoms with Gasteiger partial charge in [-0.2, -0.15) is 0 Å². The van der Waals surface area contributed by atoms with Gasteiger partial charge in [-0.3, -0.25) is 0 Å². The Bertz CT molecular complexity index is 623. The number of rotatable bonds is 5. The summed E-state index contributed by atoms with van der Waals surface area (Å²) < 4.78 is 12.1. The van der Waals surface area contributed by atoms with Crippen molar-refractivity contribution < 1.29 is 18.8 Å². The van der Waals surface area contributed by atoms with E-state index in [0.717, 1.165) is 11.3 Å². The zero-order valence-electron chi connectivity index (χ0n) is 15.4. The zero-order chi connectivity index (χ0) is 17.7. The number of quaternary nitrogens is 1. The van der Waals surface area contributed by atoms with E-state index in [0.29, 0.717) is 18.6 Å². The maximum atomic E-state index is 12.1. The predicted octanol–water partition coefficient (Wildman–Crippen LogP) is 3.66. The molecule has 0 amide bonds. The number of methoxy groups -OCH3 is 1. The second-order valence-electron chi connectivity index (χ2n) is 7.60. The predicted molar refractivity (Wildman–Crippen MR) is 99.3 cm³/mol. The lowest BCUT2D eigenvalue weighted by Crippen LogP contribution is -2.61. The van der Waals surface area contributed by atoms with E-state index in [1.807, 2.05) is 24.3 Å². The molecule has 1 aromatic rings. The summed E-state index contributed by atoms with van der Waals surface area (Å²) >= 11 is 0. The van der Waals surface area contributed by atoms with E-state index >= 15 is 0 Å². The molecule has 2 aliphatic heterocycles. The Morgan fingerprint density at radius 2 is 2.00 bits per heavy atom. The summed E-state index contributed by atoms with van der Waals surface area (Å²) in [6.45, 7) is 3.11. The molecule has 3 atom stereocenters. The molecule has 0 aromatic heterocycles. The van der Waals surface area contributed by atoms with E-state index < -0.39 is 0 Å². The summed E-state index contributed by atoms with van der Waals surface area (Å²) in [4.78, 5) is 12.1. The summed E-state index contributed by atoms with van der Waals surface area (Å²) in [5.74, 6) is 0.998. The molecule has 0 radical (unpaired) electrons. The van der Waals surface area contributed by atoms with Crippen molar-refractivity contribution in [3.05, 3.63) is 35.9 Å². The summed E-state index contributed by atoms with van der Waals surface area (Å²) in [6.07, 6.45) is 9.63. The van der Waals surface area contributed by atoms with Crippen molar-refractivity contribution >= 4 is 12.0 Å². The molecule has 0 bridgehead atoms. The van der Waals surface area contributed by atoms with Gasteiger partial charge in [-0.15, -0.1) is 0 Å². The average Bonchev–Trinajstić information content (AvgIpc) is 2.64. The Morgan fingerprint density at radius 1 is 1.20 bits per heavy atom. The van der Waals surface area contributed by atoms with Crippen molar-refractivity contribution in [2.75, 3.05) is 33.9 Å². The Morgan fingerprint density at radius 3 is 2.84 bits per heavy atom. The molecule has 2 saturated heterocycles. The van der Waals surface area contributed by atoms with Crippen LogP contribution in [0.4, 0.5) is 0 Å². The number of ether oxygens (including phenoxy) is 2. The minimum Gasteiger partial charge on any atom is -0.496 e. The van der Waals surface area contributed by atoms with Gasteiger partial charge in [-0.25, -0.2) is 4.79 Å². The van der Waals surface area contributed by atoms with Gasteiger partial charge in [-0.05, 0) is 37.8 Å². The number of carbonyl (C=O) groups excluding carboxylic acids is 1. The van der Waals surface area contributed by atoms with Crippen LogP contribution in [0.1, 0.15) is 37.7 Å². The van der Waals surface area contributed by atoms with Gasteiger partial charge in [0.15, 0.2) is 0 Å². The minimum atomic E-state index is -0.263. The van der Waals surface area contributed by atoms with Crippen molar-refractivity contribution in [3.63, 3.8) is 0 Å². The molecule has 0 aliphatic carbocycles. The van der Waals surface area contributed by atoms with Gasteiger partial charge in [0, 0.05) is 24.0 Å². The first-order valence-electron chi connectivity index (χ1n) is 9.44. The highest BCUT2D eigenvalue weighted by Crippen LogP contribution is 2.36. The molecule has 4 heteroatoms. The second kappa shape index (κ2) is 8.05. The van der Waals surface area contributed by atoms with Crippen molar-refractivity contribution in [2.45, 2.75) is 38.1 Å². The van der Waals surface area contributed by atoms with Crippen LogP contribution in [0.3, 0.4) is 0 Å². The van der Waals surface area contributed by atoms with Crippen molar-refractivity contribution in [3.8, 4) is 5.75 Å². The lowest BCUT2D eigenvalue weighted by molar-refractivity contribution is -0.947. The van der Waals surface area contributed by atoms with Gasteiger partial charge >= 0.3 is 5.97 Å². The third kappa shape index (κ3) is 4.24. The Labute approximate surface area is 151 Å². The van der Waals surface area contributed by atoms with Gasteiger partial charge in [0.05, 0.1) is 33.3 Å². The molecule has 1 aromatic carbocycles. The molecule has 0 saturated carbocycles. The first-order valence-corrected chi connectivity index (χ1v) is 9.44. The lowest BCUT2D eigenvalue weighted by Gasteiger charge is -2.51. The highest BCUT2D eigenvalue weighted by Gasteiger charge is 2.43. The first-order chi connectivity index (χ1) is 12.1. The largest absolute Gasteiger partial charge is 0.496 e. The molecule has 2 fully saturated rings.